The van der Waals surface area contributed by atoms with Crippen molar-refractivity contribution in [2.75, 3.05) is 11.5 Å². The van der Waals surface area contributed by atoms with E-state index in [1.54, 1.807) is 0 Å². The summed E-state index contributed by atoms with van der Waals surface area (Å²) in [7, 11) is 0. The van der Waals surface area contributed by atoms with Crippen molar-refractivity contribution in [2.45, 2.75) is 11.2 Å². The van der Waals surface area contributed by atoms with Crippen LogP contribution in [0, 0.1) is 11.3 Å². The second-order valence-corrected chi connectivity index (χ2v) is 7.42. The van der Waals surface area contributed by atoms with E-state index in [0.29, 0.717) is 16.8 Å². The lowest BCUT2D eigenvalue weighted by molar-refractivity contribution is 0.306. The van der Waals surface area contributed by atoms with Crippen LogP contribution in [0.2, 0.25) is 0 Å². The fraction of sp³-hybridized carbons (Fsp3) is 0.235. The molecule has 1 fully saturated rings. The Labute approximate surface area is 133 Å². The first kappa shape index (κ1) is 14.4. The fourth-order valence-corrected chi connectivity index (χ4v) is 5.05. The number of nitrogens with zero attached hydrogens (tertiary/aromatic N) is 1. The lowest BCUT2D eigenvalue weighted by atomic mass is 10.1. The summed E-state index contributed by atoms with van der Waals surface area (Å²) < 4.78 is 6.36. The van der Waals surface area contributed by atoms with Gasteiger partial charge >= 0.3 is 0 Å². The van der Waals surface area contributed by atoms with Crippen molar-refractivity contribution < 1.29 is 4.74 Å². The van der Waals surface area contributed by atoms with E-state index < -0.39 is 0 Å². The van der Waals surface area contributed by atoms with Gasteiger partial charge in [-0.2, -0.15) is 5.26 Å². The maximum absolute atomic E-state index is 9.06. The first-order chi connectivity index (χ1) is 10.4. The Morgan fingerprint density at radius 2 is 1.76 bits per heavy atom. The minimum Gasteiger partial charge on any atom is -0.489 e. The van der Waals surface area contributed by atoms with E-state index in [1.807, 2.05) is 59.9 Å². The molecule has 1 heterocycles. The minimum absolute atomic E-state index is 0.427. The Bertz CT molecular complexity index is 643. The standard InChI is InChI=1S/C17H15NOS2/c18-11-14-3-1-2-4-15(14)12-19-16-7-5-13(6-8-16)17-20-9-10-21-17/h1-8,17H,9-10,12H2. The van der Waals surface area contributed by atoms with Gasteiger partial charge in [0.05, 0.1) is 16.2 Å². The molecule has 2 nitrogen and oxygen atoms in total. The summed E-state index contributed by atoms with van der Waals surface area (Å²) >= 11 is 4.01. The molecule has 1 aliphatic rings. The summed E-state index contributed by atoms with van der Waals surface area (Å²) in [5.74, 6) is 3.32. The molecule has 1 aliphatic heterocycles. The van der Waals surface area contributed by atoms with E-state index in [2.05, 4.69) is 18.2 Å². The predicted molar refractivity (Wildman–Crippen MR) is 89.6 cm³/mol. The van der Waals surface area contributed by atoms with Gasteiger partial charge in [0, 0.05) is 17.1 Å². The molecule has 0 N–H and O–H groups in total. The van der Waals surface area contributed by atoms with E-state index in [4.69, 9.17) is 10.00 Å². The molecule has 0 atom stereocenters. The third kappa shape index (κ3) is 3.55. The monoisotopic (exact) mass is 313 g/mol. The minimum atomic E-state index is 0.427. The van der Waals surface area contributed by atoms with Crippen LogP contribution in [-0.4, -0.2) is 11.5 Å². The van der Waals surface area contributed by atoms with Crippen LogP contribution in [0.3, 0.4) is 0 Å². The summed E-state index contributed by atoms with van der Waals surface area (Å²) in [6.07, 6.45) is 0. The van der Waals surface area contributed by atoms with Crippen molar-refractivity contribution >= 4 is 23.5 Å². The van der Waals surface area contributed by atoms with Gasteiger partial charge in [0.15, 0.2) is 0 Å². The molecule has 106 valence electrons. The molecule has 0 aromatic heterocycles. The van der Waals surface area contributed by atoms with Crippen LogP contribution in [0.25, 0.3) is 0 Å². The third-order valence-corrected chi connectivity index (χ3v) is 6.41. The Morgan fingerprint density at radius 1 is 1.05 bits per heavy atom. The molecule has 0 spiro atoms. The number of hydrogen-bond donors (Lipinski definition) is 0. The van der Waals surface area contributed by atoms with Crippen LogP contribution in [0.4, 0.5) is 0 Å². The topological polar surface area (TPSA) is 33.0 Å². The Hall–Kier alpha value is -1.57. The van der Waals surface area contributed by atoms with Gasteiger partial charge in [-0.15, -0.1) is 23.5 Å². The molecular formula is C17H15NOS2. The maximum Gasteiger partial charge on any atom is 0.119 e. The zero-order valence-electron chi connectivity index (χ0n) is 11.5. The molecule has 3 rings (SSSR count). The fourth-order valence-electron chi connectivity index (χ4n) is 2.19. The molecule has 0 unspecified atom stereocenters. The van der Waals surface area contributed by atoms with Crippen molar-refractivity contribution in [1.82, 2.24) is 0 Å². The van der Waals surface area contributed by atoms with Gasteiger partial charge in [-0.25, -0.2) is 0 Å². The van der Waals surface area contributed by atoms with Crippen LogP contribution in [-0.2, 0) is 6.61 Å². The van der Waals surface area contributed by atoms with Gasteiger partial charge in [0.2, 0.25) is 0 Å². The summed E-state index contributed by atoms with van der Waals surface area (Å²) in [4.78, 5) is 0. The molecular weight excluding hydrogens is 298 g/mol. The average Bonchev–Trinajstić information content (AvgIpc) is 3.08. The van der Waals surface area contributed by atoms with Gasteiger partial charge in [-0.1, -0.05) is 30.3 Å². The first-order valence-corrected chi connectivity index (χ1v) is 8.90. The second-order valence-electron chi connectivity index (χ2n) is 4.70. The summed E-state index contributed by atoms with van der Waals surface area (Å²) in [6, 6.07) is 18.1. The number of thioether (sulfide) groups is 2. The molecule has 1 saturated heterocycles. The van der Waals surface area contributed by atoms with E-state index in [9.17, 15) is 0 Å². The van der Waals surface area contributed by atoms with Crippen molar-refractivity contribution in [3.05, 3.63) is 65.2 Å². The number of nitriles is 1. The van der Waals surface area contributed by atoms with Gasteiger partial charge in [-0.3, -0.25) is 0 Å². The molecule has 0 aliphatic carbocycles. The van der Waals surface area contributed by atoms with E-state index in [0.717, 1.165) is 11.3 Å². The maximum atomic E-state index is 9.06. The van der Waals surface area contributed by atoms with Crippen molar-refractivity contribution in [2.24, 2.45) is 0 Å². The smallest absolute Gasteiger partial charge is 0.119 e. The van der Waals surface area contributed by atoms with Crippen molar-refractivity contribution in [3.8, 4) is 11.8 Å². The summed E-state index contributed by atoms with van der Waals surface area (Å²) in [5, 5.41) is 9.06. The Balaban J connectivity index is 1.64. The molecule has 0 bridgehead atoms. The predicted octanol–water partition coefficient (Wildman–Crippen LogP) is 4.62. The zero-order valence-corrected chi connectivity index (χ0v) is 13.1. The summed E-state index contributed by atoms with van der Waals surface area (Å²) in [6.45, 7) is 0.427. The summed E-state index contributed by atoms with van der Waals surface area (Å²) in [5.41, 5.74) is 2.95. The number of hydrogen-bond acceptors (Lipinski definition) is 4. The Morgan fingerprint density at radius 3 is 2.48 bits per heavy atom. The second kappa shape index (κ2) is 6.93. The van der Waals surface area contributed by atoms with Crippen LogP contribution < -0.4 is 4.74 Å². The van der Waals surface area contributed by atoms with Crippen LogP contribution in [0.5, 0.6) is 5.75 Å². The number of benzene rings is 2. The highest BCUT2D eigenvalue weighted by molar-refractivity contribution is 8.19. The molecule has 0 amide bonds. The molecule has 0 saturated carbocycles. The van der Waals surface area contributed by atoms with E-state index in [-0.39, 0.29) is 0 Å². The zero-order chi connectivity index (χ0) is 14.5. The van der Waals surface area contributed by atoms with Crippen LogP contribution in [0.15, 0.2) is 48.5 Å². The third-order valence-electron chi connectivity index (χ3n) is 3.31. The number of rotatable bonds is 4. The lowest BCUT2D eigenvalue weighted by Gasteiger charge is -2.11. The Kier molecular flexibility index (Phi) is 4.74. The van der Waals surface area contributed by atoms with Crippen LogP contribution in [0.1, 0.15) is 21.3 Å². The lowest BCUT2D eigenvalue weighted by Crippen LogP contribution is -1.98. The van der Waals surface area contributed by atoms with Gasteiger partial charge in [0.1, 0.15) is 12.4 Å². The highest BCUT2D eigenvalue weighted by Crippen LogP contribution is 2.45. The SMILES string of the molecule is N#Cc1ccccc1COc1ccc(C2SCCS2)cc1. The highest BCUT2D eigenvalue weighted by Gasteiger charge is 2.17. The highest BCUT2D eigenvalue weighted by atomic mass is 32.2. The van der Waals surface area contributed by atoms with Gasteiger partial charge in [-0.05, 0) is 23.8 Å². The molecule has 2 aromatic rings. The normalized spacial score (nSPS) is 14.8. The van der Waals surface area contributed by atoms with Crippen molar-refractivity contribution in [1.29, 1.82) is 5.26 Å². The van der Waals surface area contributed by atoms with Crippen molar-refractivity contribution in [3.63, 3.8) is 0 Å². The van der Waals surface area contributed by atoms with Crippen LogP contribution >= 0.6 is 23.5 Å². The van der Waals surface area contributed by atoms with Gasteiger partial charge < -0.3 is 4.74 Å². The molecule has 21 heavy (non-hydrogen) atoms. The van der Waals surface area contributed by atoms with Gasteiger partial charge in [0.25, 0.3) is 0 Å². The average molecular weight is 313 g/mol. The van der Waals surface area contributed by atoms with E-state index >= 15 is 0 Å². The van der Waals surface area contributed by atoms with E-state index in [1.165, 1.54) is 17.1 Å². The molecule has 2 aromatic carbocycles. The first-order valence-electron chi connectivity index (χ1n) is 6.81. The quantitative estimate of drug-likeness (QED) is 0.825. The largest absolute Gasteiger partial charge is 0.489 e. The molecule has 0 radical (unpaired) electrons. The number of ether oxygens (including phenoxy) is 1. The molecule has 4 heteroatoms.